The molecule has 0 amide bonds. The fourth-order valence-corrected chi connectivity index (χ4v) is 4.05. The Morgan fingerprint density at radius 3 is 2.11 bits per heavy atom. The Balaban J connectivity index is 2.27. The van der Waals surface area contributed by atoms with Crippen molar-refractivity contribution in [3.05, 3.63) is 35.1 Å². The van der Waals surface area contributed by atoms with Crippen LogP contribution < -0.4 is 0 Å². The highest BCUT2D eigenvalue weighted by molar-refractivity contribution is 7.46. The number of rotatable bonds is 19. The van der Waals surface area contributed by atoms with Gasteiger partial charge in [-0.25, -0.2) is 8.96 Å². The maximum absolute atomic E-state index is 13.6. The molecular weight excluding hydrogens is 468 g/mol. The Bertz CT molecular complexity index is 855. The highest BCUT2D eigenvalue weighted by Crippen LogP contribution is 2.36. The number of hydrogen-bond acceptors (Lipinski definition) is 4. The highest BCUT2D eigenvalue weighted by atomic mass is 31.2. The molecule has 0 saturated carbocycles. The molecule has 0 aliphatic heterocycles. The van der Waals surface area contributed by atoms with Crippen LogP contribution in [0.15, 0.2) is 18.2 Å². The van der Waals surface area contributed by atoms with Gasteiger partial charge in [-0.1, -0.05) is 77.6 Å². The van der Waals surface area contributed by atoms with Crippen molar-refractivity contribution >= 4 is 7.82 Å². The van der Waals surface area contributed by atoms with E-state index in [0.29, 0.717) is 5.56 Å². The SMILES string of the molecule is CCCCCCCCCCCCCCC#CCC(COP(=O)(O)O)OCc1cc(F)cc(C#N)c1. The quantitative estimate of drug-likeness (QED) is 0.116. The van der Waals surface area contributed by atoms with Crippen LogP contribution in [0.1, 0.15) is 108 Å². The van der Waals surface area contributed by atoms with Gasteiger partial charge in [0.1, 0.15) is 5.82 Å². The van der Waals surface area contributed by atoms with Crippen LogP contribution in [0, 0.1) is 29.0 Å². The molecule has 2 N–H and O–H groups in total. The normalized spacial score (nSPS) is 12.1. The molecule has 1 aromatic carbocycles. The summed E-state index contributed by atoms with van der Waals surface area (Å²) in [5.74, 6) is 5.54. The predicted molar refractivity (Wildman–Crippen MR) is 136 cm³/mol. The fraction of sp³-hybridized carbons (Fsp3) is 0.667. The lowest BCUT2D eigenvalue weighted by atomic mass is 10.0. The molecule has 1 rings (SSSR count). The summed E-state index contributed by atoms with van der Waals surface area (Å²) < 4.78 is 34.9. The molecule has 0 aliphatic carbocycles. The van der Waals surface area contributed by atoms with Gasteiger partial charge in [0.15, 0.2) is 0 Å². The number of phosphoric acid groups is 1. The molecule has 1 aromatic rings. The topological polar surface area (TPSA) is 99.8 Å². The molecular formula is C27H41FNO5P. The number of ether oxygens (including phenoxy) is 1. The van der Waals surface area contributed by atoms with Crippen LogP contribution in [0.3, 0.4) is 0 Å². The van der Waals surface area contributed by atoms with Gasteiger partial charge in [0.2, 0.25) is 0 Å². The molecule has 8 heteroatoms. The molecule has 6 nitrogen and oxygen atoms in total. The monoisotopic (exact) mass is 509 g/mol. The second-order valence-corrected chi connectivity index (χ2v) is 10.1. The highest BCUT2D eigenvalue weighted by Gasteiger charge is 2.18. The van der Waals surface area contributed by atoms with E-state index >= 15 is 0 Å². The van der Waals surface area contributed by atoms with Crippen molar-refractivity contribution in [3.8, 4) is 17.9 Å². The number of unbranched alkanes of at least 4 members (excludes halogenated alkanes) is 12. The van der Waals surface area contributed by atoms with Crippen molar-refractivity contribution in [2.45, 2.75) is 110 Å². The van der Waals surface area contributed by atoms with E-state index in [-0.39, 0.29) is 25.2 Å². The maximum atomic E-state index is 13.6. The van der Waals surface area contributed by atoms with Gasteiger partial charge in [0, 0.05) is 12.8 Å². The van der Waals surface area contributed by atoms with Gasteiger partial charge in [0.25, 0.3) is 0 Å². The van der Waals surface area contributed by atoms with Crippen molar-refractivity contribution in [2.75, 3.05) is 6.61 Å². The van der Waals surface area contributed by atoms with E-state index in [1.165, 1.54) is 76.3 Å². The first-order chi connectivity index (χ1) is 16.8. The van der Waals surface area contributed by atoms with Gasteiger partial charge in [-0.15, -0.1) is 11.8 Å². The van der Waals surface area contributed by atoms with Gasteiger partial charge in [0.05, 0.1) is 31.0 Å². The standard InChI is InChI=1S/C27H41FNO5P/c1-2-3-4-5-6-7-8-9-10-11-12-13-14-15-16-17-27(23-34-35(30,31)32)33-22-25-18-24(21-29)19-26(28)20-25/h18-20,27H,2-14,17,22-23H2,1H3,(H2,30,31,32). The summed E-state index contributed by atoms with van der Waals surface area (Å²) in [5, 5.41) is 8.96. The molecule has 0 aliphatic rings. The summed E-state index contributed by atoms with van der Waals surface area (Å²) in [7, 11) is -4.64. The van der Waals surface area contributed by atoms with Crippen LogP contribution >= 0.6 is 7.82 Å². The summed E-state index contributed by atoms with van der Waals surface area (Å²) in [6.45, 7) is 1.88. The third-order valence-corrected chi connectivity index (χ3v) is 6.10. The number of phosphoric ester groups is 1. The summed E-state index contributed by atoms with van der Waals surface area (Å²) in [6.07, 6.45) is 15.7. The molecule has 0 fully saturated rings. The minimum atomic E-state index is -4.64. The average Bonchev–Trinajstić information content (AvgIpc) is 2.81. The molecule has 0 bridgehead atoms. The van der Waals surface area contributed by atoms with Gasteiger partial charge >= 0.3 is 7.82 Å². The van der Waals surface area contributed by atoms with Crippen LogP contribution in [0.25, 0.3) is 0 Å². The van der Waals surface area contributed by atoms with Crippen LogP contribution in [0.5, 0.6) is 0 Å². The largest absolute Gasteiger partial charge is 0.469 e. The van der Waals surface area contributed by atoms with Gasteiger partial charge in [-0.05, 0) is 30.2 Å². The van der Waals surface area contributed by atoms with Crippen LogP contribution in [0.4, 0.5) is 4.39 Å². The van der Waals surface area contributed by atoms with E-state index in [1.54, 1.807) is 0 Å². The van der Waals surface area contributed by atoms with E-state index in [2.05, 4.69) is 23.3 Å². The molecule has 0 aromatic heterocycles. The third-order valence-electron chi connectivity index (χ3n) is 5.61. The summed E-state index contributed by atoms with van der Waals surface area (Å²) in [6, 6.07) is 5.76. The van der Waals surface area contributed by atoms with Crippen LogP contribution in [-0.4, -0.2) is 22.5 Å². The zero-order chi connectivity index (χ0) is 25.8. The van der Waals surface area contributed by atoms with Gasteiger partial charge in [-0.3, -0.25) is 4.52 Å². The summed E-state index contributed by atoms with van der Waals surface area (Å²) in [5.41, 5.74) is 0.626. The zero-order valence-corrected chi connectivity index (χ0v) is 21.9. The Morgan fingerprint density at radius 1 is 0.943 bits per heavy atom. The first-order valence-electron chi connectivity index (χ1n) is 12.8. The number of nitriles is 1. The van der Waals surface area contributed by atoms with Crippen molar-refractivity contribution in [2.24, 2.45) is 0 Å². The smallest absolute Gasteiger partial charge is 0.370 e. The second-order valence-electron chi connectivity index (χ2n) is 8.88. The lowest BCUT2D eigenvalue weighted by Gasteiger charge is -2.16. The fourth-order valence-electron chi connectivity index (χ4n) is 3.69. The maximum Gasteiger partial charge on any atom is 0.469 e. The molecule has 1 atom stereocenters. The van der Waals surface area contributed by atoms with E-state index < -0.39 is 19.7 Å². The molecule has 0 radical (unpaired) electrons. The van der Waals surface area contributed by atoms with Crippen LogP contribution in [-0.2, 0) is 20.4 Å². The Hall–Kier alpha value is -1.73. The number of hydrogen-bond donors (Lipinski definition) is 2. The minimum absolute atomic E-state index is 0.0257. The van der Waals surface area contributed by atoms with Crippen molar-refractivity contribution in [1.29, 1.82) is 5.26 Å². The second kappa shape index (κ2) is 19.5. The molecule has 0 saturated heterocycles. The van der Waals surface area contributed by atoms with E-state index in [9.17, 15) is 8.96 Å². The molecule has 0 spiro atoms. The van der Waals surface area contributed by atoms with Crippen molar-refractivity contribution < 1.29 is 28.0 Å². The molecule has 1 unspecified atom stereocenters. The zero-order valence-electron chi connectivity index (χ0n) is 21.0. The van der Waals surface area contributed by atoms with Gasteiger partial charge < -0.3 is 14.5 Å². The lowest BCUT2D eigenvalue weighted by molar-refractivity contribution is 0.00525. The third kappa shape index (κ3) is 18.2. The van der Waals surface area contributed by atoms with E-state index in [0.717, 1.165) is 25.3 Å². The summed E-state index contributed by atoms with van der Waals surface area (Å²) >= 11 is 0. The van der Waals surface area contributed by atoms with Crippen LogP contribution in [0.2, 0.25) is 0 Å². The molecule has 0 heterocycles. The van der Waals surface area contributed by atoms with E-state index in [4.69, 9.17) is 19.8 Å². The molecule has 196 valence electrons. The van der Waals surface area contributed by atoms with Crippen molar-refractivity contribution in [1.82, 2.24) is 0 Å². The Kier molecular flexibility index (Phi) is 17.4. The summed E-state index contributed by atoms with van der Waals surface area (Å²) in [4.78, 5) is 17.9. The molecule has 35 heavy (non-hydrogen) atoms. The first-order valence-corrected chi connectivity index (χ1v) is 14.3. The Morgan fingerprint density at radius 2 is 1.54 bits per heavy atom. The predicted octanol–water partition coefficient (Wildman–Crippen LogP) is 7.18. The average molecular weight is 510 g/mol. The Labute approximate surface area is 210 Å². The lowest BCUT2D eigenvalue weighted by Crippen LogP contribution is -2.19. The number of halogens is 1. The van der Waals surface area contributed by atoms with Gasteiger partial charge in [-0.2, -0.15) is 5.26 Å². The first kappa shape index (κ1) is 31.3. The minimum Gasteiger partial charge on any atom is -0.370 e. The van der Waals surface area contributed by atoms with E-state index in [1.807, 2.05) is 6.07 Å². The van der Waals surface area contributed by atoms with Crippen molar-refractivity contribution in [3.63, 3.8) is 0 Å². The number of nitrogens with zero attached hydrogens (tertiary/aromatic N) is 1. The number of benzene rings is 1.